The first-order valence-corrected chi connectivity index (χ1v) is 9.86. The van der Waals surface area contributed by atoms with Crippen LogP contribution in [0.5, 0.6) is 5.75 Å². The summed E-state index contributed by atoms with van der Waals surface area (Å²) in [5.74, 6) is 0.696. The number of rotatable bonds is 5. The van der Waals surface area contributed by atoms with Gasteiger partial charge in [0.25, 0.3) is 0 Å². The topological polar surface area (TPSA) is 75.7 Å². The third kappa shape index (κ3) is 3.42. The second-order valence-corrected chi connectivity index (χ2v) is 8.55. The van der Waals surface area contributed by atoms with E-state index in [0.717, 1.165) is 25.7 Å². The second kappa shape index (κ2) is 6.72. The lowest BCUT2D eigenvalue weighted by molar-refractivity contribution is -0.117. The molecule has 7 heteroatoms. The Kier molecular flexibility index (Phi) is 4.83. The number of methoxy groups -OCH3 is 1. The van der Waals surface area contributed by atoms with Crippen molar-refractivity contribution in [1.29, 1.82) is 0 Å². The van der Waals surface area contributed by atoms with Crippen molar-refractivity contribution in [2.24, 2.45) is 11.8 Å². The number of ether oxygens (including phenoxy) is 1. The van der Waals surface area contributed by atoms with Crippen LogP contribution in [0.2, 0.25) is 0 Å². The number of anilines is 1. The quantitative estimate of drug-likeness (QED) is 0.883. The fraction of sp³-hybridized carbons (Fsp3) is 0.588. The molecule has 24 heavy (non-hydrogen) atoms. The molecule has 1 heterocycles. The van der Waals surface area contributed by atoms with E-state index in [1.165, 1.54) is 17.5 Å². The minimum Gasteiger partial charge on any atom is -0.495 e. The predicted octanol–water partition coefficient (Wildman–Crippen LogP) is 2.46. The molecule has 6 nitrogen and oxygen atoms in total. The molecule has 0 unspecified atom stereocenters. The molecule has 2 aliphatic rings. The van der Waals surface area contributed by atoms with Crippen LogP contribution in [0.15, 0.2) is 23.1 Å². The number of nitrogens with one attached hydrogen (secondary N) is 1. The SMILES string of the molecule is COc1ccc(NC(=O)[C@H]2C[C@H]2C)cc1S(=O)(=O)N1CCCCC1. The molecule has 0 spiro atoms. The predicted molar refractivity (Wildman–Crippen MR) is 91.5 cm³/mol. The van der Waals surface area contributed by atoms with E-state index in [1.54, 1.807) is 12.1 Å². The van der Waals surface area contributed by atoms with Crippen molar-refractivity contribution in [3.8, 4) is 5.75 Å². The van der Waals surface area contributed by atoms with Crippen LogP contribution >= 0.6 is 0 Å². The van der Waals surface area contributed by atoms with Gasteiger partial charge in [0.1, 0.15) is 10.6 Å². The first-order chi connectivity index (χ1) is 11.4. The van der Waals surface area contributed by atoms with E-state index in [4.69, 9.17) is 4.74 Å². The van der Waals surface area contributed by atoms with Crippen LogP contribution in [-0.2, 0) is 14.8 Å². The lowest BCUT2D eigenvalue weighted by Gasteiger charge is -2.26. The highest BCUT2D eigenvalue weighted by atomic mass is 32.2. The fourth-order valence-corrected chi connectivity index (χ4v) is 4.82. The molecule has 0 radical (unpaired) electrons. The van der Waals surface area contributed by atoms with Gasteiger partial charge in [0.05, 0.1) is 7.11 Å². The number of piperidine rings is 1. The van der Waals surface area contributed by atoms with Crippen molar-refractivity contribution < 1.29 is 17.9 Å². The Morgan fingerprint density at radius 2 is 1.92 bits per heavy atom. The van der Waals surface area contributed by atoms with Gasteiger partial charge in [0.15, 0.2) is 0 Å². The minimum absolute atomic E-state index is 0.0363. The van der Waals surface area contributed by atoms with E-state index in [0.29, 0.717) is 30.4 Å². The van der Waals surface area contributed by atoms with Crippen LogP contribution < -0.4 is 10.1 Å². The molecule has 1 saturated carbocycles. The number of sulfonamides is 1. The van der Waals surface area contributed by atoms with Gasteiger partial charge in [0.2, 0.25) is 15.9 Å². The van der Waals surface area contributed by atoms with E-state index in [9.17, 15) is 13.2 Å². The van der Waals surface area contributed by atoms with Crippen molar-refractivity contribution in [3.05, 3.63) is 18.2 Å². The standard InChI is InChI=1S/C17H24N2O4S/c1-12-10-14(12)17(20)18-13-6-7-15(23-2)16(11-13)24(21,22)19-8-4-3-5-9-19/h6-7,11-12,14H,3-5,8-10H2,1-2H3,(H,18,20)/t12-,14+/m1/s1. The third-order valence-electron chi connectivity index (χ3n) is 4.81. The van der Waals surface area contributed by atoms with Gasteiger partial charge in [-0.1, -0.05) is 13.3 Å². The van der Waals surface area contributed by atoms with Gasteiger partial charge in [-0.15, -0.1) is 0 Å². The number of carbonyl (C=O) groups is 1. The maximum Gasteiger partial charge on any atom is 0.246 e. The van der Waals surface area contributed by atoms with Gasteiger partial charge in [-0.05, 0) is 43.4 Å². The molecule has 1 aliphatic heterocycles. The maximum absolute atomic E-state index is 12.9. The van der Waals surface area contributed by atoms with Crippen molar-refractivity contribution in [2.45, 2.75) is 37.5 Å². The average molecular weight is 352 g/mol. The zero-order chi connectivity index (χ0) is 17.3. The van der Waals surface area contributed by atoms with Crippen LogP contribution in [0.3, 0.4) is 0 Å². The summed E-state index contributed by atoms with van der Waals surface area (Å²) >= 11 is 0. The molecule has 1 N–H and O–H groups in total. The summed E-state index contributed by atoms with van der Waals surface area (Å²) in [6.07, 6.45) is 3.69. The molecular formula is C17H24N2O4S. The summed E-state index contributed by atoms with van der Waals surface area (Å²) in [5.41, 5.74) is 0.496. The lowest BCUT2D eigenvalue weighted by atomic mass is 10.2. The van der Waals surface area contributed by atoms with Gasteiger partial charge < -0.3 is 10.1 Å². The van der Waals surface area contributed by atoms with Crippen molar-refractivity contribution in [3.63, 3.8) is 0 Å². The normalized spacial score (nSPS) is 24.4. The largest absolute Gasteiger partial charge is 0.495 e. The second-order valence-electron chi connectivity index (χ2n) is 6.64. The van der Waals surface area contributed by atoms with Gasteiger partial charge in [-0.3, -0.25) is 4.79 Å². The summed E-state index contributed by atoms with van der Waals surface area (Å²) in [6, 6.07) is 4.79. The number of amides is 1. The zero-order valence-electron chi connectivity index (χ0n) is 14.1. The highest BCUT2D eigenvalue weighted by Crippen LogP contribution is 2.39. The highest BCUT2D eigenvalue weighted by molar-refractivity contribution is 7.89. The maximum atomic E-state index is 12.9. The van der Waals surface area contributed by atoms with Gasteiger partial charge in [-0.25, -0.2) is 8.42 Å². The first-order valence-electron chi connectivity index (χ1n) is 8.42. The van der Waals surface area contributed by atoms with E-state index >= 15 is 0 Å². The van der Waals surface area contributed by atoms with Crippen molar-refractivity contribution >= 4 is 21.6 Å². The molecule has 1 aliphatic carbocycles. The van der Waals surface area contributed by atoms with Crippen molar-refractivity contribution in [2.75, 3.05) is 25.5 Å². The Hall–Kier alpha value is -1.60. The summed E-state index contributed by atoms with van der Waals surface area (Å²) in [6.45, 7) is 3.09. The number of nitrogens with zero attached hydrogens (tertiary/aromatic N) is 1. The fourth-order valence-electron chi connectivity index (χ4n) is 3.12. The van der Waals surface area contributed by atoms with Crippen LogP contribution in [0.25, 0.3) is 0 Å². The number of carbonyl (C=O) groups excluding carboxylic acids is 1. The van der Waals surface area contributed by atoms with Gasteiger partial charge in [-0.2, -0.15) is 4.31 Å². The van der Waals surface area contributed by atoms with E-state index in [-0.39, 0.29) is 16.7 Å². The summed E-state index contributed by atoms with van der Waals surface area (Å²) in [5, 5.41) is 2.82. The molecule has 132 valence electrons. The zero-order valence-corrected chi connectivity index (χ0v) is 14.9. The lowest BCUT2D eigenvalue weighted by Crippen LogP contribution is -2.35. The monoisotopic (exact) mass is 352 g/mol. The van der Waals surface area contributed by atoms with Crippen LogP contribution in [-0.4, -0.2) is 38.8 Å². The highest BCUT2D eigenvalue weighted by Gasteiger charge is 2.39. The van der Waals surface area contributed by atoms with E-state index in [1.807, 2.05) is 6.92 Å². The van der Waals surface area contributed by atoms with Crippen LogP contribution in [0.4, 0.5) is 5.69 Å². The molecule has 2 atom stereocenters. The molecule has 0 aromatic heterocycles. The third-order valence-corrected chi connectivity index (χ3v) is 6.73. The Bertz CT molecular complexity index is 726. The van der Waals surface area contributed by atoms with Crippen LogP contribution in [0.1, 0.15) is 32.6 Å². The summed E-state index contributed by atoms with van der Waals surface area (Å²) in [7, 11) is -2.17. The number of hydrogen-bond donors (Lipinski definition) is 1. The van der Waals surface area contributed by atoms with Gasteiger partial charge in [0, 0.05) is 24.7 Å². The Morgan fingerprint density at radius 1 is 1.25 bits per heavy atom. The summed E-state index contributed by atoms with van der Waals surface area (Å²) in [4.78, 5) is 12.2. The Labute approximate surface area is 143 Å². The Morgan fingerprint density at radius 3 is 2.50 bits per heavy atom. The van der Waals surface area contributed by atoms with Gasteiger partial charge >= 0.3 is 0 Å². The molecule has 2 fully saturated rings. The van der Waals surface area contributed by atoms with E-state index < -0.39 is 10.0 Å². The van der Waals surface area contributed by atoms with Crippen LogP contribution in [0, 0.1) is 11.8 Å². The number of benzene rings is 1. The van der Waals surface area contributed by atoms with Crippen molar-refractivity contribution in [1.82, 2.24) is 4.31 Å². The first kappa shape index (κ1) is 17.2. The molecule has 0 bridgehead atoms. The molecular weight excluding hydrogens is 328 g/mol. The molecule has 1 aromatic rings. The van der Waals surface area contributed by atoms with E-state index in [2.05, 4.69) is 5.32 Å². The Balaban J connectivity index is 1.87. The average Bonchev–Trinajstić information content (AvgIpc) is 3.32. The molecule has 3 rings (SSSR count). The molecule has 1 amide bonds. The molecule has 1 aromatic carbocycles. The smallest absolute Gasteiger partial charge is 0.246 e. The summed E-state index contributed by atoms with van der Waals surface area (Å²) < 4.78 is 32.6. The molecule has 1 saturated heterocycles. The minimum atomic E-state index is -3.62. The number of hydrogen-bond acceptors (Lipinski definition) is 4.